The van der Waals surface area contributed by atoms with Crippen LogP contribution in [0.1, 0.15) is 20.8 Å². The topological polar surface area (TPSA) is 55.4 Å². The van der Waals surface area contributed by atoms with Gasteiger partial charge >= 0.3 is 0 Å². The molecule has 4 nitrogen and oxygen atoms in total. The summed E-state index contributed by atoms with van der Waals surface area (Å²) < 4.78 is 32.7. The van der Waals surface area contributed by atoms with E-state index in [0.717, 1.165) is 0 Å². The van der Waals surface area contributed by atoms with Crippen LogP contribution in [-0.2, 0) is 10.0 Å². The van der Waals surface area contributed by atoms with E-state index < -0.39 is 18.3 Å². The van der Waals surface area contributed by atoms with Gasteiger partial charge in [0.25, 0.3) is 0 Å². The zero-order valence-corrected chi connectivity index (χ0v) is 14.3. The molecule has 0 aliphatic rings. The molecule has 0 heterocycles. The van der Waals surface area contributed by atoms with Crippen molar-refractivity contribution in [3.05, 3.63) is 24.3 Å². The van der Waals surface area contributed by atoms with E-state index in [4.69, 9.17) is 4.74 Å². The number of ether oxygens (including phenoxy) is 1. The molecule has 0 aliphatic heterocycles. The van der Waals surface area contributed by atoms with Crippen molar-refractivity contribution in [1.82, 2.24) is 4.39 Å². The Balaban J connectivity index is 3.05. The van der Waals surface area contributed by atoms with Crippen LogP contribution in [0, 0.1) is 0 Å². The molecule has 0 radical (unpaired) electrons. The van der Waals surface area contributed by atoms with Crippen LogP contribution < -0.4 is 9.12 Å². The molecule has 0 aliphatic carbocycles. The van der Waals surface area contributed by atoms with Crippen LogP contribution in [0.25, 0.3) is 0 Å². The predicted molar refractivity (Wildman–Crippen MR) is 80.5 cm³/mol. The molecule has 108 valence electrons. The first-order valence-corrected chi connectivity index (χ1v) is 10.7. The fraction of sp³-hybridized carbons (Fsp3) is 0.538. The molecule has 0 saturated carbocycles. The highest BCUT2D eigenvalue weighted by molar-refractivity contribution is 7.91. The normalized spacial score (nSPS) is 13.4. The van der Waals surface area contributed by atoms with E-state index in [0.29, 0.717) is 5.75 Å². The van der Waals surface area contributed by atoms with Crippen molar-refractivity contribution >= 4 is 18.3 Å². The Hall–Kier alpha value is -0.853. The van der Waals surface area contributed by atoms with Crippen molar-refractivity contribution in [1.29, 1.82) is 0 Å². The van der Waals surface area contributed by atoms with Crippen LogP contribution in [0.15, 0.2) is 29.2 Å². The molecular formula is C13H23NO3SSi. The van der Waals surface area contributed by atoms with Gasteiger partial charge in [-0.3, -0.25) is 0 Å². The van der Waals surface area contributed by atoms with Crippen LogP contribution in [0.3, 0.4) is 0 Å². The molecule has 6 heteroatoms. The second kappa shape index (κ2) is 5.26. The van der Waals surface area contributed by atoms with Gasteiger partial charge in [-0.1, -0.05) is 33.9 Å². The van der Waals surface area contributed by atoms with Crippen LogP contribution in [-0.4, -0.2) is 23.8 Å². The van der Waals surface area contributed by atoms with Gasteiger partial charge in [0, 0.05) is 0 Å². The number of sulfonamides is 1. The summed E-state index contributed by atoms with van der Waals surface area (Å²) in [6.07, 6.45) is 0. The Kier molecular flexibility index (Phi) is 4.49. The molecule has 1 rings (SSSR count). The third kappa shape index (κ3) is 3.81. The fourth-order valence-corrected chi connectivity index (χ4v) is 6.18. The van der Waals surface area contributed by atoms with Crippen LogP contribution >= 0.6 is 0 Å². The van der Waals surface area contributed by atoms with Crippen molar-refractivity contribution in [2.45, 2.75) is 43.8 Å². The minimum atomic E-state index is -3.47. The quantitative estimate of drug-likeness (QED) is 0.870. The summed E-state index contributed by atoms with van der Waals surface area (Å²) in [5.74, 6) is 0.645. The molecule has 0 spiro atoms. The lowest BCUT2D eigenvalue weighted by Crippen LogP contribution is -2.54. The Morgan fingerprint density at radius 2 is 1.58 bits per heavy atom. The zero-order valence-electron chi connectivity index (χ0n) is 12.4. The average molecular weight is 301 g/mol. The first-order valence-electron chi connectivity index (χ1n) is 6.18. The van der Waals surface area contributed by atoms with Crippen LogP contribution in [0.5, 0.6) is 5.75 Å². The van der Waals surface area contributed by atoms with E-state index >= 15 is 0 Å². The first kappa shape index (κ1) is 16.2. The lowest BCUT2D eigenvalue weighted by atomic mass is 10.2. The van der Waals surface area contributed by atoms with E-state index in [2.05, 4.69) is 25.2 Å². The highest BCUT2D eigenvalue weighted by Gasteiger charge is 2.39. The molecule has 0 bridgehead atoms. The number of rotatable bonds is 4. The molecular weight excluding hydrogens is 278 g/mol. The molecule has 1 N–H and O–H groups in total. The first-order chi connectivity index (χ1) is 8.49. The van der Waals surface area contributed by atoms with Gasteiger partial charge in [-0.05, 0) is 29.3 Å². The second-order valence-electron chi connectivity index (χ2n) is 6.16. The summed E-state index contributed by atoms with van der Waals surface area (Å²) in [4.78, 5) is 0.276. The van der Waals surface area contributed by atoms with Gasteiger partial charge in [0.05, 0.1) is 12.0 Å². The Morgan fingerprint density at radius 3 is 1.95 bits per heavy atom. The maximum atomic E-state index is 12.4. The van der Waals surface area contributed by atoms with E-state index in [1.807, 2.05) is 13.1 Å². The van der Waals surface area contributed by atoms with Gasteiger partial charge in [-0.25, -0.2) is 12.8 Å². The average Bonchev–Trinajstić information content (AvgIpc) is 2.26. The summed E-state index contributed by atoms with van der Waals surface area (Å²) in [6.45, 7) is 10.2. The maximum Gasteiger partial charge on any atom is 0.234 e. The lowest BCUT2D eigenvalue weighted by Gasteiger charge is -2.36. The van der Waals surface area contributed by atoms with Crippen LogP contribution in [0.4, 0.5) is 0 Å². The summed E-state index contributed by atoms with van der Waals surface area (Å²) in [7, 11) is -4.03. The zero-order chi connectivity index (χ0) is 14.9. The number of hydrogen-bond acceptors (Lipinski definition) is 3. The Bertz CT molecular complexity index is 530. The van der Waals surface area contributed by atoms with Crippen LogP contribution in [0.2, 0.25) is 18.1 Å². The van der Waals surface area contributed by atoms with E-state index in [-0.39, 0.29) is 9.93 Å². The van der Waals surface area contributed by atoms with Crippen molar-refractivity contribution in [3.63, 3.8) is 0 Å². The van der Waals surface area contributed by atoms with Gasteiger partial charge in [0.2, 0.25) is 10.0 Å². The van der Waals surface area contributed by atoms with Gasteiger partial charge in [-0.15, -0.1) is 0 Å². The molecule has 1 aromatic rings. The molecule has 0 saturated heterocycles. The molecule has 19 heavy (non-hydrogen) atoms. The van der Waals surface area contributed by atoms with Crippen molar-refractivity contribution in [3.8, 4) is 5.75 Å². The summed E-state index contributed by atoms with van der Waals surface area (Å²) in [5, 5.41) is -0.0491. The highest BCUT2D eigenvalue weighted by Crippen LogP contribution is 2.34. The Labute approximate surface area is 117 Å². The number of benzene rings is 1. The minimum absolute atomic E-state index is 0.0491. The highest BCUT2D eigenvalue weighted by atomic mass is 32.2. The smallest absolute Gasteiger partial charge is 0.234 e. The summed E-state index contributed by atoms with van der Waals surface area (Å²) in [6, 6.07) is 6.43. The predicted octanol–water partition coefficient (Wildman–Crippen LogP) is 2.98. The molecule has 0 aromatic heterocycles. The second-order valence-corrected chi connectivity index (χ2v) is 13.2. The van der Waals surface area contributed by atoms with Gasteiger partial charge in [0.1, 0.15) is 14.0 Å². The van der Waals surface area contributed by atoms with Gasteiger partial charge in [-0.2, -0.15) is 0 Å². The largest absolute Gasteiger partial charge is 0.497 e. The van der Waals surface area contributed by atoms with Crippen molar-refractivity contribution in [2.75, 3.05) is 7.11 Å². The molecule has 0 atom stereocenters. The van der Waals surface area contributed by atoms with E-state index in [1.54, 1.807) is 31.4 Å². The fourth-order valence-electron chi connectivity index (χ4n) is 1.30. The third-order valence-electron chi connectivity index (χ3n) is 3.63. The SMILES string of the molecule is COc1ccc(S(=O)(=O)N[Si](C)(C)C(C)(C)C)cc1. The van der Waals surface area contributed by atoms with Crippen molar-refractivity contribution < 1.29 is 13.2 Å². The maximum absolute atomic E-state index is 12.4. The number of methoxy groups -OCH3 is 1. The summed E-state index contributed by atoms with van der Waals surface area (Å²) in [5.41, 5.74) is 0. The minimum Gasteiger partial charge on any atom is -0.497 e. The van der Waals surface area contributed by atoms with E-state index in [1.165, 1.54) is 0 Å². The molecule has 0 amide bonds. The molecule has 0 fully saturated rings. The summed E-state index contributed by atoms with van der Waals surface area (Å²) >= 11 is 0. The number of hydrogen-bond donors (Lipinski definition) is 1. The molecule has 0 unspecified atom stereocenters. The van der Waals surface area contributed by atoms with Gasteiger partial charge < -0.3 is 4.74 Å². The van der Waals surface area contributed by atoms with Gasteiger partial charge in [0.15, 0.2) is 0 Å². The lowest BCUT2D eigenvalue weighted by molar-refractivity contribution is 0.414. The van der Waals surface area contributed by atoms with E-state index in [9.17, 15) is 8.42 Å². The number of nitrogens with one attached hydrogen (secondary N) is 1. The Morgan fingerprint density at radius 1 is 1.11 bits per heavy atom. The van der Waals surface area contributed by atoms with Crippen molar-refractivity contribution in [2.24, 2.45) is 0 Å². The molecule has 1 aromatic carbocycles. The third-order valence-corrected chi connectivity index (χ3v) is 11.4. The standard InChI is InChI=1S/C13H23NO3SSi/c1-13(2,3)19(5,6)14-18(15,16)12-9-7-11(17-4)8-10-12/h7-10,14H,1-6H3. The monoisotopic (exact) mass is 301 g/mol.